The third-order valence-electron chi connectivity index (χ3n) is 1.83. The van der Waals surface area contributed by atoms with Crippen LogP contribution in [0, 0.1) is 18.3 Å². The van der Waals surface area contributed by atoms with Crippen molar-refractivity contribution >= 4 is 11.8 Å². The van der Waals surface area contributed by atoms with Crippen molar-refractivity contribution in [2.24, 2.45) is 0 Å². The fourth-order valence-corrected chi connectivity index (χ4v) is 1.89. The average Bonchev–Trinajstić information content (AvgIpc) is 2.29. The Hall–Kier alpha value is -1.93. The molecule has 2 aromatic rings. The first-order valence-corrected chi connectivity index (χ1v) is 5.43. The number of aromatic nitrogens is 3. The number of hydrogen-bond acceptors (Lipinski definition) is 5. The summed E-state index contributed by atoms with van der Waals surface area (Å²) in [5, 5.41) is 10.1. The second-order valence-electron chi connectivity index (χ2n) is 3.08. The lowest BCUT2D eigenvalue weighted by atomic mass is 10.3. The van der Waals surface area contributed by atoms with Crippen LogP contribution in [0.25, 0.3) is 0 Å². The summed E-state index contributed by atoms with van der Waals surface area (Å²) in [6.45, 7) is 1.91. The molecule has 0 N–H and O–H groups in total. The van der Waals surface area contributed by atoms with E-state index in [9.17, 15) is 0 Å². The van der Waals surface area contributed by atoms with Crippen LogP contribution in [0.4, 0.5) is 0 Å². The molecular weight excluding hydrogens is 220 g/mol. The summed E-state index contributed by atoms with van der Waals surface area (Å²) in [5.41, 5.74) is 1.50. The molecule has 0 saturated carbocycles. The van der Waals surface area contributed by atoms with Gasteiger partial charge in [0.1, 0.15) is 5.03 Å². The summed E-state index contributed by atoms with van der Waals surface area (Å²) < 4.78 is 0. The minimum absolute atomic E-state index is 0.588. The molecule has 0 aliphatic heterocycles. The van der Waals surface area contributed by atoms with E-state index in [1.807, 2.05) is 13.0 Å². The lowest BCUT2D eigenvalue weighted by Gasteiger charge is -1.99. The molecule has 2 heterocycles. The zero-order valence-corrected chi connectivity index (χ0v) is 9.40. The second-order valence-corrected chi connectivity index (χ2v) is 4.06. The van der Waals surface area contributed by atoms with Crippen LogP contribution in [-0.2, 0) is 0 Å². The number of hydrogen-bond donors (Lipinski definition) is 0. The van der Waals surface area contributed by atoms with Crippen LogP contribution in [0.15, 0.2) is 40.8 Å². The van der Waals surface area contributed by atoms with E-state index in [-0.39, 0.29) is 0 Å². The van der Waals surface area contributed by atoms with Crippen molar-refractivity contribution in [3.63, 3.8) is 0 Å². The molecule has 0 amide bonds. The molecule has 0 unspecified atom stereocenters. The Kier molecular flexibility index (Phi) is 3.13. The van der Waals surface area contributed by atoms with Crippen LogP contribution >= 0.6 is 11.8 Å². The van der Waals surface area contributed by atoms with E-state index >= 15 is 0 Å². The smallest absolute Gasteiger partial charge is 0.194 e. The monoisotopic (exact) mass is 228 g/mol. The van der Waals surface area contributed by atoms with Crippen molar-refractivity contribution in [3.8, 4) is 6.07 Å². The highest BCUT2D eigenvalue weighted by molar-refractivity contribution is 7.99. The van der Waals surface area contributed by atoms with Gasteiger partial charge in [-0.1, -0.05) is 0 Å². The van der Waals surface area contributed by atoms with E-state index in [4.69, 9.17) is 5.26 Å². The van der Waals surface area contributed by atoms with E-state index in [1.54, 1.807) is 24.5 Å². The van der Waals surface area contributed by atoms with Crippen LogP contribution in [-0.4, -0.2) is 15.0 Å². The first kappa shape index (κ1) is 10.6. The van der Waals surface area contributed by atoms with Gasteiger partial charge in [-0.05, 0) is 36.9 Å². The minimum atomic E-state index is 0.588. The molecular formula is C11H8N4S. The molecule has 0 radical (unpaired) electrons. The van der Waals surface area contributed by atoms with Gasteiger partial charge < -0.3 is 0 Å². The quantitative estimate of drug-likeness (QED) is 0.737. The van der Waals surface area contributed by atoms with Crippen molar-refractivity contribution in [1.29, 1.82) is 5.26 Å². The van der Waals surface area contributed by atoms with Gasteiger partial charge in [0.25, 0.3) is 0 Å². The maximum absolute atomic E-state index is 8.75. The van der Waals surface area contributed by atoms with E-state index < -0.39 is 0 Å². The molecule has 4 nitrogen and oxygen atoms in total. The summed E-state index contributed by atoms with van der Waals surface area (Å²) in [5.74, 6) is 0. The number of nitrogens with zero attached hydrogens (tertiary/aromatic N) is 4. The fraction of sp³-hybridized carbons (Fsp3) is 0.0909. The van der Waals surface area contributed by atoms with E-state index in [0.29, 0.717) is 10.7 Å². The van der Waals surface area contributed by atoms with Crippen LogP contribution in [0.2, 0.25) is 0 Å². The Balaban J connectivity index is 2.24. The molecule has 0 aliphatic carbocycles. The van der Waals surface area contributed by atoms with Crippen LogP contribution in [0.1, 0.15) is 11.3 Å². The van der Waals surface area contributed by atoms with Crippen LogP contribution in [0.3, 0.4) is 0 Å². The summed E-state index contributed by atoms with van der Waals surface area (Å²) in [6, 6.07) is 7.29. The van der Waals surface area contributed by atoms with Crippen molar-refractivity contribution < 1.29 is 0 Å². The zero-order chi connectivity index (χ0) is 11.4. The largest absolute Gasteiger partial charge is 0.249 e. The highest BCUT2D eigenvalue weighted by Gasteiger charge is 2.02. The van der Waals surface area contributed by atoms with Crippen LogP contribution < -0.4 is 0 Å². The summed E-state index contributed by atoms with van der Waals surface area (Å²) in [7, 11) is 0. The van der Waals surface area contributed by atoms with E-state index in [2.05, 4.69) is 21.0 Å². The van der Waals surface area contributed by atoms with Crippen molar-refractivity contribution in [2.45, 2.75) is 17.1 Å². The first-order chi connectivity index (χ1) is 7.78. The van der Waals surface area contributed by atoms with Gasteiger partial charge >= 0.3 is 0 Å². The van der Waals surface area contributed by atoms with Gasteiger partial charge in [0.05, 0.1) is 11.6 Å². The summed E-state index contributed by atoms with van der Waals surface area (Å²) in [6.07, 6.45) is 3.31. The van der Waals surface area contributed by atoms with E-state index in [1.165, 1.54) is 11.8 Å². The predicted octanol–water partition coefficient (Wildman–Crippen LogP) is 2.20. The van der Waals surface area contributed by atoms with Gasteiger partial charge in [0, 0.05) is 18.1 Å². The SMILES string of the molecule is Cc1ccnc(Sc2cc(C#N)ccn2)n1. The molecule has 0 spiro atoms. The summed E-state index contributed by atoms with van der Waals surface area (Å²) in [4.78, 5) is 12.5. The van der Waals surface area contributed by atoms with E-state index in [0.717, 1.165) is 10.7 Å². The first-order valence-electron chi connectivity index (χ1n) is 4.61. The zero-order valence-electron chi connectivity index (χ0n) is 8.58. The van der Waals surface area contributed by atoms with Crippen LogP contribution in [0.5, 0.6) is 0 Å². The minimum Gasteiger partial charge on any atom is -0.249 e. The van der Waals surface area contributed by atoms with Gasteiger partial charge in [0.2, 0.25) is 0 Å². The maximum atomic E-state index is 8.75. The highest BCUT2D eigenvalue weighted by atomic mass is 32.2. The molecule has 0 bridgehead atoms. The molecule has 2 rings (SSSR count). The molecule has 0 aromatic carbocycles. The Morgan fingerprint density at radius 2 is 2.06 bits per heavy atom. The van der Waals surface area contributed by atoms with Gasteiger partial charge in [-0.15, -0.1) is 0 Å². The topological polar surface area (TPSA) is 62.5 Å². The third kappa shape index (κ3) is 2.55. The van der Waals surface area contributed by atoms with Gasteiger partial charge in [-0.3, -0.25) is 0 Å². The predicted molar refractivity (Wildman–Crippen MR) is 59.8 cm³/mol. The number of aryl methyl sites for hydroxylation is 1. The molecule has 78 valence electrons. The molecule has 16 heavy (non-hydrogen) atoms. The van der Waals surface area contributed by atoms with Gasteiger partial charge in [-0.2, -0.15) is 5.26 Å². The normalized spacial score (nSPS) is 9.75. The van der Waals surface area contributed by atoms with Gasteiger partial charge in [-0.25, -0.2) is 15.0 Å². The lowest BCUT2D eigenvalue weighted by molar-refractivity contribution is 0.927. The number of pyridine rings is 1. The molecule has 0 aliphatic rings. The number of nitriles is 1. The Morgan fingerprint density at radius 3 is 2.81 bits per heavy atom. The molecule has 5 heteroatoms. The molecule has 0 fully saturated rings. The second kappa shape index (κ2) is 4.73. The Bertz CT molecular complexity index is 548. The molecule has 0 atom stereocenters. The Labute approximate surface area is 97.4 Å². The lowest BCUT2D eigenvalue weighted by Crippen LogP contribution is -1.89. The third-order valence-corrected chi connectivity index (χ3v) is 2.64. The Morgan fingerprint density at radius 1 is 1.25 bits per heavy atom. The average molecular weight is 228 g/mol. The van der Waals surface area contributed by atoms with Crippen molar-refractivity contribution in [1.82, 2.24) is 15.0 Å². The molecule has 0 saturated heterocycles. The summed E-state index contributed by atoms with van der Waals surface area (Å²) >= 11 is 1.35. The maximum Gasteiger partial charge on any atom is 0.194 e. The fourth-order valence-electron chi connectivity index (χ4n) is 1.10. The van der Waals surface area contributed by atoms with Gasteiger partial charge in [0.15, 0.2) is 5.16 Å². The highest BCUT2D eigenvalue weighted by Crippen LogP contribution is 2.22. The van der Waals surface area contributed by atoms with Crippen molar-refractivity contribution in [3.05, 3.63) is 41.9 Å². The van der Waals surface area contributed by atoms with Crippen molar-refractivity contribution in [2.75, 3.05) is 0 Å². The molecule has 2 aromatic heterocycles. The number of rotatable bonds is 2. The standard InChI is InChI=1S/C11H8N4S/c1-8-2-4-14-11(15-8)16-10-6-9(7-12)3-5-13-10/h2-6H,1H3.